The second kappa shape index (κ2) is 6.24. The number of rotatable bonds is 4. The lowest BCUT2D eigenvalue weighted by Crippen LogP contribution is -2.09. The Morgan fingerprint density at radius 2 is 1.91 bits per heavy atom. The smallest absolute Gasteiger partial charge is 0.344 e. The van der Waals surface area contributed by atoms with Gasteiger partial charge in [-0.25, -0.2) is 4.79 Å². The van der Waals surface area contributed by atoms with Gasteiger partial charge in [-0.2, -0.15) is 0 Å². The molecule has 23 heavy (non-hydrogen) atoms. The van der Waals surface area contributed by atoms with E-state index in [1.54, 1.807) is 6.92 Å². The summed E-state index contributed by atoms with van der Waals surface area (Å²) in [5.41, 5.74) is 1.99. The van der Waals surface area contributed by atoms with Crippen molar-refractivity contribution in [2.75, 3.05) is 0 Å². The molecule has 1 heterocycles. The maximum atomic E-state index is 12.4. The Morgan fingerprint density at radius 3 is 2.70 bits per heavy atom. The Balaban J connectivity index is 1.83. The Kier molecular flexibility index (Phi) is 4.15. The molecule has 0 amide bonds. The molecule has 3 aromatic rings. The molecule has 0 bridgehead atoms. The van der Waals surface area contributed by atoms with Crippen molar-refractivity contribution in [3.05, 3.63) is 65.0 Å². The molecule has 0 radical (unpaired) electrons. The number of aromatic nitrogens is 1. The summed E-state index contributed by atoms with van der Waals surface area (Å²) in [4.78, 5) is 12.4. The minimum absolute atomic E-state index is 0.0799. The maximum absolute atomic E-state index is 12.4. The van der Waals surface area contributed by atoms with Crippen LogP contribution < -0.4 is 0 Å². The second-order valence-electron chi connectivity index (χ2n) is 5.88. The summed E-state index contributed by atoms with van der Waals surface area (Å²) in [6, 6.07) is 14.0. The van der Waals surface area contributed by atoms with Gasteiger partial charge in [0.25, 0.3) is 0 Å². The Morgan fingerprint density at radius 1 is 1.17 bits per heavy atom. The van der Waals surface area contributed by atoms with E-state index in [1.807, 2.05) is 56.3 Å². The van der Waals surface area contributed by atoms with Gasteiger partial charge in [0.2, 0.25) is 0 Å². The quantitative estimate of drug-likeness (QED) is 0.660. The molecule has 0 aliphatic rings. The number of hydrogen-bond acceptors (Lipinski definition) is 4. The van der Waals surface area contributed by atoms with E-state index < -0.39 is 0 Å². The molecule has 0 fully saturated rings. The van der Waals surface area contributed by atoms with Crippen LogP contribution in [-0.4, -0.2) is 11.1 Å². The first-order valence-electron chi connectivity index (χ1n) is 7.68. The van der Waals surface area contributed by atoms with E-state index in [1.165, 1.54) is 0 Å². The summed E-state index contributed by atoms with van der Waals surface area (Å²) in [7, 11) is 0. The lowest BCUT2D eigenvalue weighted by Gasteiger charge is -2.09. The SMILES string of the molecule is Cc1noc(C(C)C)c1C(=O)OCc1cccc2ccccc12. The molecular weight excluding hydrogens is 290 g/mol. The third-order valence-electron chi connectivity index (χ3n) is 3.86. The fourth-order valence-electron chi connectivity index (χ4n) is 2.66. The van der Waals surface area contributed by atoms with Crippen LogP contribution in [-0.2, 0) is 11.3 Å². The number of carbonyl (C=O) groups is 1. The molecule has 0 saturated heterocycles. The van der Waals surface area contributed by atoms with Crippen molar-refractivity contribution >= 4 is 16.7 Å². The average molecular weight is 309 g/mol. The van der Waals surface area contributed by atoms with Gasteiger partial charge in [-0.3, -0.25) is 0 Å². The number of aryl methyl sites for hydroxylation is 1. The number of esters is 1. The molecule has 1 aromatic heterocycles. The molecule has 0 unspecified atom stereocenters. The van der Waals surface area contributed by atoms with Gasteiger partial charge in [-0.15, -0.1) is 0 Å². The van der Waals surface area contributed by atoms with E-state index in [0.717, 1.165) is 16.3 Å². The summed E-state index contributed by atoms with van der Waals surface area (Å²) in [5.74, 6) is 0.266. The zero-order valence-corrected chi connectivity index (χ0v) is 13.5. The predicted octanol–water partition coefficient (Wildman–Crippen LogP) is 4.62. The topological polar surface area (TPSA) is 52.3 Å². The number of carbonyl (C=O) groups excluding carboxylic acids is 1. The first-order valence-corrected chi connectivity index (χ1v) is 7.68. The number of fused-ring (bicyclic) bond motifs is 1. The molecule has 118 valence electrons. The van der Waals surface area contributed by atoms with Crippen molar-refractivity contribution in [1.82, 2.24) is 5.16 Å². The van der Waals surface area contributed by atoms with Crippen LogP contribution in [0.15, 0.2) is 47.0 Å². The Labute approximate surface area is 135 Å². The van der Waals surface area contributed by atoms with Crippen LogP contribution in [0.5, 0.6) is 0 Å². The molecule has 4 nitrogen and oxygen atoms in total. The molecule has 0 aliphatic carbocycles. The maximum Gasteiger partial charge on any atom is 0.344 e. The van der Waals surface area contributed by atoms with E-state index in [2.05, 4.69) is 5.16 Å². The van der Waals surface area contributed by atoms with Gasteiger partial charge in [0, 0.05) is 5.92 Å². The van der Waals surface area contributed by atoms with Crippen LogP contribution in [0.1, 0.15) is 47.1 Å². The van der Waals surface area contributed by atoms with Crippen molar-refractivity contribution in [2.45, 2.75) is 33.3 Å². The van der Waals surface area contributed by atoms with Gasteiger partial charge in [0.05, 0.1) is 5.69 Å². The molecular formula is C19H19NO3. The van der Waals surface area contributed by atoms with E-state index in [-0.39, 0.29) is 18.5 Å². The number of hydrogen-bond donors (Lipinski definition) is 0. The largest absolute Gasteiger partial charge is 0.457 e. The standard InChI is InChI=1S/C19H19NO3/c1-12(2)18-17(13(3)20-23-18)19(21)22-11-15-9-6-8-14-7-4-5-10-16(14)15/h4-10,12H,11H2,1-3H3. The predicted molar refractivity (Wildman–Crippen MR) is 88.4 cm³/mol. The van der Waals surface area contributed by atoms with Crippen LogP contribution in [0.3, 0.4) is 0 Å². The van der Waals surface area contributed by atoms with E-state index in [4.69, 9.17) is 9.26 Å². The van der Waals surface area contributed by atoms with Gasteiger partial charge < -0.3 is 9.26 Å². The minimum Gasteiger partial charge on any atom is -0.457 e. The fourth-order valence-corrected chi connectivity index (χ4v) is 2.66. The third kappa shape index (κ3) is 2.97. The fraction of sp³-hybridized carbons (Fsp3) is 0.263. The number of nitrogens with zero attached hydrogens (tertiary/aromatic N) is 1. The van der Waals surface area contributed by atoms with Crippen LogP contribution >= 0.6 is 0 Å². The summed E-state index contributed by atoms with van der Waals surface area (Å²) in [6.45, 7) is 5.90. The highest BCUT2D eigenvalue weighted by atomic mass is 16.5. The molecule has 0 saturated carbocycles. The third-order valence-corrected chi connectivity index (χ3v) is 3.86. The molecule has 3 rings (SSSR count). The molecule has 0 aliphatic heterocycles. The molecule has 0 atom stereocenters. The molecule has 0 spiro atoms. The summed E-state index contributed by atoms with van der Waals surface area (Å²) in [6.07, 6.45) is 0. The lowest BCUT2D eigenvalue weighted by atomic mass is 10.0. The summed E-state index contributed by atoms with van der Waals surface area (Å²) in [5, 5.41) is 6.11. The first-order chi connectivity index (χ1) is 11.1. The van der Waals surface area contributed by atoms with Crippen LogP contribution in [0.2, 0.25) is 0 Å². The highest BCUT2D eigenvalue weighted by Gasteiger charge is 2.23. The van der Waals surface area contributed by atoms with E-state index in [0.29, 0.717) is 17.0 Å². The summed E-state index contributed by atoms with van der Waals surface area (Å²) < 4.78 is 10.8. The van der Waals surface area contributed by atoms with Crippen molar-refractivity contribution < 1.29 is 14.1 Å². The summed E-state index contributed by atoms with van der Waals surface area (Å²) >= 11 is 0. The van der Waals surface area contributed by atoms with Crippen LogP contribution in [0.25, 0.3) is 10.8 Å². The zero-order chi connectivity index (χ0) is 16.4. The first kappa shape index (κ1) is 15.3. The normalized spacial score (nSPS) is 11.1. The molecule has 4 heteroatoms. The van der Waals surface area contributed by atoms with Gasteiger partial charge >= 0.3 is 5.97 Å². The highest BCUT2D eigenvalue weighted by molar-refractivity contribution is 5.92. The van der Waals surface area contributed by atoms with Crippen LogP contribution in [0.4, 0.5) is 0 Å². The van der Waals surface area contributed by atoms with E-state index in [9.17, 15) is 4.79 Å². The Hall–Kier alpha value is -2.62. The van der Waals surface area contributed by atoms with E-state index >= 15 is 0 Å². The highest BCUT2D eigenvalue weighted by Crippen LogP contribution is 2.24. The Bertz CT molecular complexity index is 843. The number of benzene rings is 2. The van der Waals surface area contributed by atoms with Crippen LogP contribution in [0, 0.1) is 6.92 Å². The number of ether oxygens (including phenoxy) is 1. The van der Waals surface area contributed by atoms with Gasteiger partial charge in [0.1, 0.15) is 12.2 Å². The van der Waals surface area contributed by atoms with Crippen molar-refractivity contribution in [1.29, 1.82) is 0 Å². The van der Waals surface area contributed by atoms with Gasteiger partial charge in [-0.1, -0.05) is 61.5 Å². The van der Waals surface area contributed by atoms with Crippen molar-refractivity contribution in [3.63, 3.8) is 0 Å². The second-order valence-corrected chi connectivity index (χ2v) is 5.88. The van der Waals surface area contributed by atoms with Gasteiger partial charge in [-0.05, 0) is 23.3 Å². The lowest BCUT2D eigenvalue weighted by molar-refractivity contribution is 0.0470. The minimum atomic E-state index is -0.389. The zero-order valence-electron chi connectivity index (χ0n) is 13.5. The average Bonchev–Trinajstić information content (AvgIpc) is 2.94. The van der Waals surface area contributed by atoms with Crippen molar-refractivity contribution in [3.8, 4) is 0 Å². The monoisotopic (exact) mass is 309 g/mol. The van der Waals surface area contributed by atoms with Gasteiger partial charge in [0.15, 0.2) is 5.76 Å². The molecule has 0 N–H and O–H groups in total. The van der Waals surface area contributed by atoms with Crippen molar-refractivity contribution in [2.24, 2.45) is 0 Å². The molecule has 2 aromatic carbocycles.